The monoisotopic (exact) mass is 286 g/mol. The molecule has 1 fully saturated rings. The van der Waals surface area contributed by atoms with Gasteiger partial charge in [0.25, 0.3) is 0 Å². The minimum absolute atomic E-state index is 0.235. The second kappa shape index (κ2) is 5.79. The topological polar surface area (TPSA) is 44.5 Å². The predicted octanol–water partition coefficient (Wildman–Crippen LogP) is 0.879. The molecule has 2 atom stereocenters. The van der Waals surface area contributed by atoms with Gasteiger partial charge < -0.3 is 10.0 Å². The maximum absolute atomic E-state index is 9.89. The molecule has 19 heavy (non-hydrogen) atoms. The second-order valence-electron chi connectivity index (χ2n) is 5.71. The highest BCUT2D eigenvalue weighted by Crippen LogP contribution is 2.26. The number of aryl methyl sites for hydroxylation is 2. The third-order valence-electron chi connectivity index (χ3n) is 3.71. The van der Waals surface area contributed by atoms with Crippen LogP contribution in [0.5, 0.6) is 0 Å². The Hall–Kier alpha value is -0.620. The van der Waals surface area contributed by atoms with Gasteiger partial charge in [-0.1, -0.05) is 11.6 Å². The van der Waals surface area contributed by atoms with Crippen molar-refractivity contribution in [2.75, 3.05) is 27.2 Å². The van der Waals surface area contributed by atoms with Gasteiger partial charge in [-0.15, -0.1) is 0 Å². The molecule has 1 N–H and O–H groups in total. The third kappa shape index (κ3) is 3.28. The van der Waals surface area contributed by atoms with E-state index in [1.54, 1.807) is 4.68 Å². The standard InChI is InChI=1S/C13H23ClN4O/c1-9-12(13(14)17(4)15-9)8-18-7-11(19)5-10(18)6-16(2)3/h10-11,19H,5-8H2,1-4H3. The Labute approximate surface area is 119 Å². The van der Waals surface area contributed by atoms with Gasteiger partial charge in [-0.3, -0.25) is 9.58 Å². The number of hydrogen-bond donors (Lipinski definition) is 1. The lowest BCUT2D eigenvalue weighted by atomic mass is 10.2. The number of aliphatic hydroxyl groups is 1. The van der Waals surface area contributed by atoms with Crippen LogP contribution in [0.4, 0.5) is 0 Å². The summed E-state index contributed by atoms with van der Waals surface area (Å²) in [4.78, 5) is 4.47. The summed E-state index contributed by atoms with van der Waals surface area (Å²) in [5.74, 6) is 0. The lowest BCUT2D eigenvalue weighted by Crippen LogP contribution is -2.37. The molecule has 0 aliphatic carbocycles. The van der Waals surface area contributed by atoms with Gasteiger partial charge >= 0.3 is 0 Å². The molecule has 1 aliphatic heterocycles. The number of β-amino-alcohol motifs (C(OH)–C–C–N with tert-alkyl or cyclic N) is 1. The van der Waals surface area contributed by atoms with Crippen LogP contribution < -0.4 is 0 Å². The average Bonchev–Trinajstić information content (AvgIpc) is 2.74. The van der Waals surface area contributed by atoms with E-state index in [0.29, 0.717) is 17.7 Å². The molecule has 108 valence electrons. The Kier molecular flexibility index (Phi) is 4.50. The van der Waals surface area contributed by atoms with Gasteiger partial charge in [0.2, 0.25) is 0 Å². The zero-order valence-corrected chi connectivity index (χ0v) is 12.9. The number of likely N-dealkylation sites (tertiary alicyclic amines) is 1. The van der Waals surface area contributed by atoms with E-state index in [1.165, 1.54) is 0 Å². The lowest BCUT2D eigenvalue weighted by molar-refractivity contribution is 0.169. The fraction of sp³-hybridized carbons (Fsp3) is 0.769. The summed E-state index contributed by atoms with van der Waals surface area (Å²) >= 11 is 6.28. The molecule has 6 heteroatoms. The molecule has 1 aromatic heterocycles. The smallest absolute Gasteiger partial charge is 0.131 e. The first-order valence-corrected chi connectivity index (χ1v) is 7.01. The quantitative estimate of drug-likeness (QED) is 0.892. The van der Waals surface area contributed by atoms with Crippen LogP contribution in [-0.4, -0.2) is 64.0 Å². The van der Waals surface area contributed by atoms with E-state index in [4.69, 9.17) is 11.6 Å². The SMILES string of the molecule is Cc1nn(C)c(Cl)c1CN1CC(O)CC1CN(C)C. The maximum Gasteiger partial charge on any atom is 0.131 e. The molecule has 0 radical (unpaired) electrons. The Balaban J connectivity index is 2.12. The summed E-state index contributed by atoms with van der Waals surface area (Å²) in [6.07, 6.45) is 0.593. The first-order valence-electron chi connectivity index (χ1n) is 6.63. The molecule has 0 spiro atoms. The molecule has 0 bridgehead atoms. The number of aliphatic hydroxyl groups excluding tert-OH is 1. The minimum atomic E-state index is -0.235. The average molecular weight is 287 g/mol. The molecule has 0 aromatic carbocycles. The molecule has 1 saturated heterocycles. The first kappa shape index (κ1) is 14.8. The van der Waals surface area contributed by atoms with Crippen molar-refractivity contribution in [2.24, 2.45) is 7.05 Å². The Bertz CT molecular complexity index is 446. The van der Waals surface area contributed by atoms with E-state index >= 15 is 0 Å². The minimum Gasteiger partial charge on any atom is -0.392 e. The fourth-order valence-electron chi connectivity index (χ4n) is 2.82. The van der Waals surface area contributed by atoms with Gasteiger partial charge in [0, 0.05) is 38.3 Å². The highest BCUT2D eigenvalue weighted by Gasteiger charge is 2.32. The van der Waals surface area contributed by atoms with Crippen molar-refractivity contribution in [3.05, 3.63) is 16.4 Å². The largest absolute Gasteiger partial charge is 0.392 e. The third-order valence-corrected chi connectivity index (χ3v) is 4.19. The number of hydrogen-bond acceptors (Lipinski definition) is 4. The van der Waals surface area contributed by atoms with Crippen LogP contribution in [0.15, 0.2) is 0 Å². The van der Waals surface area contributed by atoms with Gasteiger partial charge in [0.1, 0.15) is 5.15 Å². The van der Waals surface area contributed by atoms with Crippen molar-refractivity contribution in [2.45, 2.75) is 32.0 Å². The number of aromatic nitrogens is 2. The normalized spacial score (nSPS) is 24.6. The van der Waals surface area contributed by atoms with Crippen LogP contribution in [0.1, 0.15) is 17.7 Å². The Morgan fingerprint density at radius 2 is 2.16 bits per heavy atom. The zero-order chi connectivity index (χ0) is 14.2. The molecule has 1 aliphatic rings. The summed E-state index contributed by atoms with van der Waals surface area (Å²) in [5.41, 5.74) is 2.04. The molecule has 0 saturated carbocycles. The van der Waals surface area contributed by atoms with Gasteiger partial charge in [0.15, 0.2) is 0 Å². The molecule has 2 heterocycles. The van der Waals surface area contributed by atoms with Crippen molar-refractivity contribution in [3.63, 3.8) is 0 Å². The van der Waals surface area contributed by atoms with Gasteiger partial charge in [-0.2, -0.15) is 5.10 Å². The van der Waals surface area contributed by atoms with Crippen molar-refractivity contribution in [1.29, 1.82) is 0 Å². The van der Waals surface area contributed by atoms with Gasteiger partial charge in [-0.05, 0) is 27.4 Å². The molecule has 2 unspecified atom stereocenters. The molecule has 5 nitrogen and oxygen atoms in total. The number of halogens is 1. The maximum atomic E-state index is 9.89. The molecule has 2 rings (SSSR count). The van der Waals surface area contributed by atoms with E-state index in [1.807, 2.05) is 14.0 Å². The summed E-state index contributed by atoms with van der Waals surface area (Å²) < 4.78 is 1.71. The van der Waals surface area contributed by atoms with Gasteiger partial charge in [0.05, 0.1) is 11.8 Å². The molecule has 0 amide bonds. The van der Waals surface area contributed by atoms with Crippen LogP contribution in [0, 0.1) is 6.92 Å². The predicted molar refractivity (Wildman–Crippen MR) is 76.3 cm³/mol. The van der Waals surface area contributed by atoms with Crippen molar-refractivity contribution < 1.29 is 5.11 Å². The van der Waals surface area contributed by atoms with Crippen LogP contribution >= 0.6 is 11.6 Å². The highest BCUT2D eigenvalue weighted by molar-refractivity contribution is 6.30. The van der Waals surface area contributed by atoms with Crippen LogP contribution in [0.25, 0.3) is 0 Å². The number of nitrogens with zero attached hydrogens (tertiary/aromatic N) is 4. The van der Waals surface area contributed by atoms with E-state index in [2.05, 4.69) is 29.0 Å². The number of rotatable bonds is 4. The van der Waals surface area contributed by atoms with Crippen molar-refractivity contribution in [1.82, 2.24) is 19.6 Å². The summed E-state index contributed by atoms with van der Waals surface area (Å²) in [5, 5.41) is 14.9. The Morgan fingerprint density at radius 1 is 1.47 bits per heavy atom. The second-order valence-corrected chi connectivity index (χ2v) is 6.07. The van der Waals surface area contributed by atoms with Crippen molar-refractivity contribution in [3.8, 4) is 0 Å². The molecular formula is C13H23ClN4O. The van der Waals surface area contributed by atoms with Gasteiger partial charge in [-0.25, -0.2) is 0 Å². The van der Waals surface area contributed by atoms with Crippen LogP contribution in [0.2, 0.25) is 5.15 Å². The first-order chi connectivity index (χ1) is 8.88. The molecular weight excluding hydrogens is 264 g/mol. The van der Waals surface area contributed by atoms with E-state index in [-0.39, 0.29) is 6.10 Å². The Morgan fingerprint density at radius 3 is 2.68 bits per heavy atom. The van der Waals surface area contributed by atoms with E-state index in [0.717, 1.165) is 30.8 Å². The van der Waals surface area contributed by atoms with E-state index < -0.39 is 0 Å². The molecule has 1 aromatic rings. The zero-order valence-electron chi connectivity index (χ0n) is 12.1. The van der Waals surface area contributed by atoms with Crippen LogP contribution in [-0.2, 0) is 13.6 Å². The highest BCUT2D eigenvalue weighted by atomic mass is 35.5. The van der Waals surface area contributed by atoms with E-state index in [9.17, 15) is 5.11 Å². The summed E-state index contributed by atoms with van der Waals surface area (Å²) in [7, 11) is 5.98. The number of likely N-dealkylation sites (N-methyl/N-ethyl adjacent to an activating group) is 1. The summed E-state index contributed by atoms with van der Waals surface area (Å²) in [6.45, 7) is 4.40. The lowest BCUT2D eigenvalue weighted by Gasteiger charge is -2.26. The van der Waals surface area contributed by atoms with Crippen molar-refractivity contribution >= 4 is 11.6 Å². The van der Waals surface area contributed by atoms with Crippen LogP contribution in [0.3, 0.4) is 0 Å². The summed E-state index contributed by atoms with van der Waals surface area (Å²) in [6, 6.07) is 0.376. The fourth-order valence-corrected chi connectivity index (χ4v) is 3.05.